The zero-order chi connectivity index (χ0) is 24.2. The number of fused-ring (bicyclic) bond motifs is 3. The molecule has 0 saturated heterocycles. The van der Waals surface area contributed by atoms with Crippen molar-refractivity contribution in [2.45, 2.75) is 25.3 Å². The maximum Gasteiger partial charge on any atom is 0.407 e. The minimum atomic E-state index is -1.38. The molecule has 0 aliphatic heterocycles. The standard InChI is InChI=1S/C26H23FN2O5/c1-2-22(24(30)29-23-19(25(31)32)12-7-13-21(23)27)28-26(33)34-14-20-17-10-5-3-8-15(17)16-9-4-6-11-18(16)20/h3-13,20,22H,2,14H2,1H3,(H,28,33)(H,29,30)(H,31,32)/t22-/m0/s1. The van der Waals surface area contributed by atoms with Crippen molar-refractivity contribution < 1.29 is 28.6 Å². The van der Waals surface area contributed by atoms with Gasteiger partial charge < -0.3 is 20.5 Å². The van der Waals surface area contributed by atoms with Gasteiger partial charge in [0.1, 0.15) is 18.5 Å². The molecule has 4 rings (SSSR count). The smallest absolute Gasteiger partial charge is 0.407 e. The Morgan fingerprint density at radius 2 is 1.59 bits per heavy atom. The van der Waals surface area contributed by atoms with Gasteiger partial charge in [0.2, 0.25) is 5.91 Å². The first kappa shape index (κ1) is 23.0. The van der Waals surface area contributed by atoms with E-state index in [1.165, 1.54) is 12.1 Å². The number of para-hydroxylation sites is 1. The molecule has 0 bridgehead atoms. The molecule has 1 atom stereocenters. The molecule has 0 spiro atoms. The number of rotatable bonds is 7. The van der Waals surface area contributed by atoms with E-state index in [0.29, 0.717) is 0 Å². The van der Waals surface area contributed by atoms with Crippen LogP contribution >= 0.6 is 0 Å². The van der Waals surface area contributed by atoms with Gasteiger partial charge in [-0.15, -0.1) is 0 Å². The molecule has 0 saturated carbocycles. The number of benzene rings is 3. The Kier molecular flexibility index (Phi) is 6.58. The lowest BCUT2D eigenvalue weighted by Gasteiger charge is -2.19. The number of alkyl carbamates (subject to hydrolysis) is 1. The fourth-order valence-electron chi connectivity index (χ4n) is 4.18. The van der Waals surface area contributed by atoms with Crippen molar-refractivity contribution in [1.29, 1.82) is 0 Å². The predicted molar refractivity (Wildman–Crippen MR) is 124 cm³/mol. The third-order valence-corrected chi connectivity index (χ3v) is 5.85. The summed E-state index contributed by atoms with van der Waals surface area (Å²) >= 11 is 0. The van der Waals surface area contributed by atoms with Gasteiger partial charge in [0.05, 0.1) is 11.3 Å². The molecule has 2 amide bonds. The molecular formula is C26H23FN2O5. The Balaban J connectivity index is 1.42. The number of carbonyl (C=O) groups excluding carboxylic acids is 2. The first-order valence-electron chi connectivity index (χ1n) is 10.8. The van der Waals surface area contributed by atoms with E-state index in [1.54, 1.807) is 6.92 Å². The van der Waals surface area contributed by atoms with Crippen LogP contribution in [0.4, 0.5) is 14.9 Å². The van der Waals surface area contributed by atoms with Crippen molar-refractivity contribution in [2.24, 2.45) is 0 Å². The second-order valence-electron chi connectivity index (χ2n) is 7.89. The highest BCUT2D eigenvalue weighted by Gasteiger charge is 2.30. The van der Waals surface area contributed by atoms with Gasteiger partial charge in [-0.2, -0.15) is 0 Å². The highest BCUT2D eigenvalue weighted by molar-refractivity contribution is 6.03. The number of hydrogen-bond donors (Lipinski definition) is 3. The van der Waals surface area contributed by atoms with Gasteiger partial charge in [-0.3, -0.25) is 4.79 Å². The first-order chi connectivity index (χ1) is 16.4. The molecule has 0 unspecified atom stereocenters. The Bertz CT molecular complexity index is 1210. The molecule has 3 aromatic rings. The van der Waals surface area contributed by atoms with E-state index in [9.17, 15) is 23.9 Å². The lowest BCUT2D eigenvalue weighted by Crippen LogP contribution is -2.44. The molecule has 1 aliphatic rings. The highest BCUT2D eigenvalue weighted by atomic mass is 19.1. The van der Waals surface area contributed by atoms with E-state index in [4.69, 9.17) is 4.74 Å². The monoisotopic (exact) mass is 462 g/mol. The van der Waals surface area contributed by atoms with Gasteiger partial charge in [-0.05, 0) is 40.8 Å². The Labute approximate surface area is 195 Å². The molecule has 174 valence electrons. The summed E-state index contributed by atoms with van der Waals surface area (Å²) in [5.41, 5.74) is 3.47. The SMILES string of the molecule is CC[C@H](NC(=O)OCC1c2ccccc2-c2ccccc21)C(=O)Nc1c(F)cccc1C(=O)O. The molecule has 7 nitrogen and oxygen atoms in total. The highest BCUT2D eigenvalue weighted by Crippen LogP contribution is 2.44. The zero-order valence-electron chi connectivity index (χ0n) is 18.4. The fourth-order valence-corrected chi connectivity index (χ4v) is 4.18. The summed E-state index contributed by atoms with van der Waals surface area (Å²) in [6.45, 7) is 1.74. The third-order valence-electron chi connectivity index (χ3n) is 5.85. The van der Waals surface area contributed by atoms with Crippen LogP contribution in [0.3, 0.4) is 0 Å². The molecule has 0 aromatic heterocycles. The molecule has 0 fully saturated rings. The minimum Gasteiger partial charge on any atom is -0.478 e. The van der Waals surface area contributed by atoms with Gasteiger partial charge in [-0.1, -0.05) is 61.5 Å². The predicted octanol–water partition coefficient (Wildman–Crippen LogP) is 4.78. The quantitative estimate of drug-likeness (QED) is 0.469. The average molecular weight is 462 g/mol. The summed E-state index contributed by atoms with van der Waals surface area (Å²) in [5.74, 6) is -3.15. The van der Waals surface area contributed by atoms with Crippen LogP contribution in [-0.2, 0) is 9.53 Å². The van der Waals surface area contributed by atoms with Crippen molar-refractivity contribution in [3.63, 3.8) is 0 Å². The maximum absolute atomic E-state index is 14.1. The molecular weight excluding hydrogens is 439 g/mol. The second-order valence-corrected chi connectivity index (χ2v) is 7.89. The maximum atomic E-state index is 14.1. The lowest BCUT2D eigenvalue weighted by molar-refractivity contribution is -0.118. The van der Waals surface area contributed by atoms with Gasteiger partial charge in [-0.25, -0.2) is 14.0 Å². The lowest BCUT2D eigenvalue weighted by atomic mass is 9.98. The molecule has 3 N–H and O–H groups in total. The Morgan fingerprint density at radius 3 is 2.18 bits per heavy atom. The molecule has 0 radical (unpaired) electrons. The van der Waals surface area contributed by atoms with Crippen molar-refractivity contribution in [1.82, 2.24) is 5.32 Å². The van der Waals surface area contributed by atoms with E-state index in [2.05, 4.69) is 10.6 Å². The molecule has 1 aliphatic carbocycles. The number of halogens is 1. The van der Waals surface area contributed by atoms with Crippen LogP contribution in [0.25, 0.3) is 11.1 Å². The van der Waals surface area contributed by atoms with E-state index >= 15 is 0 Å². The summed E-state index contributed by atoms with van der Waals surface area (Å²) in [6, 6.07) is 18.3. The normalized spacial score (nSPS) is 12.9. The van der Waals surface area contributed by atoms with Gasteiger partial charge in [0.15, 0.2) is 0 Å². The zero-order valence-corrected chi connectivity index (χ0v) is 18.4. The molecule has 0 heterocycles. The number of carboxylic acids is 1. The molecule has 8 heteroatoms. The van der Waals surface area contributed by atoms with E-state index in [1.807, 2.05) is 48.5 Å². The van der Waals surface area contributed by atoms with E-state index in [-0.39, 0.29) is 24.5 Å². The van der Waals surface area contributed by atoms with Crippen molar-refractivity contribution >= 4 is 23.7 Å². The molecule has 3 aromatic carbocycles. The van der Waals surface area contributed by atoms with Gasteiger partial charge in [0, 0.05) is 5.92 Å². The Hall–Kier alpha value is -4.20. The summed E-state index contributed by atoms with van der Waals surface area (Å²) in [4.78, 5) is 36.5. The van der Waals surface area contributed by atoms with Crippen LogP contribution in [0.2, 0.25) is 0 Å². The number of carbonyl (C=O) groups is 3. The number of amides is 2. The van der Waals surface area contributed by atoms with E-state index < -0.39 is 35.5 Å². The third kappa shape index (κ3) is 4.47. The first-order valence-corrected chi connectivity index (χ1v) is 10.8. The topological polar surface area (TPSA) is 105 Å². The van der Waals surface area contributed by atoms with Crippen LogP contribution in [0.5, 0.6) is 0 Å². The largest absolute Gasteiger partial charge is 0.478 e. The second kappa shape index (κ2) is 9.74. The summed E-state index contributed by atoms with van der Waals surface area (Å²) in [6.07, 6.45) is -0.608. The van der Waals surface area contributed by atoms with Crippen LogP contribution in [-0.4, -0.2) is 35.7 Å². The van der Waals surface area contributed by atoms with Crippen molar-refractivity contribution in [3.05, 3.63) is 89.2 Å². The van der Waals surface area contributed by atoms with Crippen LogP contribution in [0.15, 0.2) is 66.7 Å². The van der Waals surface area contributed by atoms with Crippen LogP contribution < -0.4 is 10.6 Å². The fraction of sp³-hybridized carbons (Fsp3) is 0.192. The summed E-state index contributed by atoms with van der Waals surface area (Å²) in [7, 11) is 0. The molecule has 34 heavy (non-hydrogen) atoms. The van der Waals surface area contributed by atoms with Crippen LogP contribution in [0.1, 0.15) is 40.7 Å². The number of ether oxygens (including phenoxy) is 1. The Morgan fingerprint density at radius 1 is 0.971 bits per heavy atom. The minimum absolute atomic E-state index is 0.0778. The summed E-state index contributed by atoms with van der Waals surface area (Å²) < 4.78 is 19.6. The average Bonchev–Trinajstić information content (AvgIpc) is 3.16. The number of nitrogens with one attached hydrogen (secondary N) is 2. The number of anilines is 1. The number of carboxylic acid groups (broad SMARTS) is 1. The van der Waals surface area contributed by atoms with Crippen molar-refractivity contribution in [2.75, 3.05) is 11.9 Å². The van der Waals surface area contributed by atoms with Gasteiger partial charge in [0.25, 0.3) is 0 Å². The van der Waals surface area contributed by atoms with Crippen LogP contribution in [0, 0.1) is 5.82 Å². The van der Waals surface area contributed by atoms with E-state index in [0.717, 1.165) is 28.3 Å². The van der Waals surface area contributed by atoms with Gasteiger partial charge >= 0.3 is 12.1 Å². The number of hydrogen-bond acceptors (Lipinski definition) is 4. The van der Waals surface area contributed by atoms with Crippen molar-refractivity contribution in [3.8, 4) is 11.1 Å². The summed E-state index contributed by atoms with van der Waals surface area (Å²) in [5, 5.41) is 14.0. The number of aromatic carboxylic acids is 1.